The van der Waals surface area contributed by atoms with Crippen LogP contribution in [-0.2, 0) is 21.4 Å². The number of ether oxygens (including phenoxy) is 1. The number of para-hydroxylation sites is 1. The first-order valence-electron chi connectivity index (χ1n) is 5.60. The van der Waals surface area contributed by atoms with Gasteiger partial charge in [0.25, 0.3) is 10.0 Å². The van der Waals surface area contributed by atoms with Crippen LogP contribution in [0.2, 0.25) is 0 Å². The maximum atomic E-state index is 11.6. The van der Waals surface area contributed by atoms with Gasteiger partial charge in [-0.1, -0.05) is 18.2 Å². The summed E-state index contributed by atoms with van der Waals surface area (Å²) in [6, 6.07) is 8.76. The molecule has 19 heavy (non-hydrogen) atoms. The van der Waals surface area contributed by atoms with Crippen molar-refractivity contribution < 1.29 is 13.2 Å². The fourth-order valence-electron chi connectivity index (χ4n) is 1.80. The van der Waals surface area contributed by atoms with Crippen LogP contribution in [0.15, 0.2) is 35.4 Å². The average molecular weight is 281 g/mol. The highest BCUT2D eigenvalue weighted by Crippen LogP contribution is 2.19. The molecule has 0 saturated carbocycles. The summed E-state index contributed by atoms with van der Waals surface area (Å²) in [6.07, 6.45) is 0. The molecule has 0 aliphatic rings. The van der Waals surface area contributed by atoms with E-state index in [0.717, 1.165) is 5.56 Å². The van der Waals surface area contributed by atoms with Crippen LogP contribution in [0.4, 0.5) is 0 Å². The van der Waals surface area contributed by atoms with Gasteiger partial charge in [-0.25, -0.2) is 18.2 Å². The number of benzene rings is 1. The molecule has 2 rings (SSSR count). The number of primary sulfonamides is 1. The lowest BCUT2D eigenvalue weighted by molar-refractivity contribution is 0.181. The molecule has 0 atom stereocenters. The summed E-state index contributed by atoms with van der Waals surface area (Å²) in [4.78, 5) is 0. The van der Waals surface area contributed by atoms with E-state index in [2.05, 4.69) is 5.10 Å². The summed E-state index contributed by atoms with van der Waals surface area (Å²) in [5.74, 6) is 0. The fourth-order valence-corrected chi connectivity index (χ4v) is 2.49. The molecule has 7 heteroatoms. The number of methoxy groups -OCH3 is 1. The zero-order valence-corrected chi connectivity index (χ0v) is 11.5. The number of hydrogen-bond acceptors (Lipinski definition) is 4. The topological polar surface area (TPSA) is 87.2 Å². The van der Waals surface area contributed by atoms with Crippen LogP contribution < -0.4 is 5.14 Å². The molecule has 6 nitrogen and oxygen atoms in total. The first kappa shape index (κ1) is 13.7. The number of rotatable bonds is 4. The van der Waals surface area contributed by atoms with Gasteiger partial charge in [0.2, 0.25) is 0 Å². The second kappa shape index (κ2) is 5.12. The summed E-state index contributed by atoms with van der Waals surface area (Å²) in [6.45, 7) is 2.10. The minimum atomic E-state index is -3.85. The number of nitrogens with zero attached hydrogens (tertiary/aromatic N) is 2. The summed E-state index contributed by atoms with van der Waals surface area (Å²) in [5, 5.41) is 9.41. The van der Waals surface area contributed by atoms with Crippen LogP contribution in [0.1, 0.15) is 11.3 Å². The van der Waals surface area contributed by atoms with E-state index in [1.54, 1.807) is 6.07 Å². The van der Waals surface area contributed by atoms with Crippen LogP contribution in [0.5, 0.6) is 0 Å². The molecule has 1 heterocycles. The van der Waals surface area contributed by atoms with Gasteiger partial charge >= 0.3 is 0 Å². The van der Waals surface area contributed by atoms with Crippen molar-refractivity contribution in [3.63, 3.8) is 0 Å². The molecule has 0 radical (unpaired) electrons. The van der Waals surface area contributed by atoms with Crippen molar-refractivity contribution in [2.45, 2.75) is 18.6 Å². The normalized spacial score (nSPS) is 11.7. The molecule has 1 aromatic carbocycles. The zero-order valence-electron chi connectivity index (χ0n) is 10.7. The van der Waals surface area contributed by atoms with Crippen molar-refractivity contribution in [3.8, 4) is 5.69 Å². The number of aryl methyl sites for hydroxylation is 1. The van der Waals surface area contributed by atoms with Gasteiger partial charge in [0, 0.05) is 13.2 Å². The molecule has 1 aromatic heterocycles. The lowest BCUT2D eigenvalue weighted by Gasteiger charge is -2.08. The molecule has 0 amide bonds. The standard InChI is InChI=1S/C12H15N3O3S/c1-9-5-3-4-6-11(9)15-12(19(13,16)17)7-10(14-15)8-18-2/h3-7H,8H2,1-2H3,(H2,13,16,17). The molecular formula is C12H15N3O3S. The second-order valence-corrected chi connectivity index (χ2v) is 5.66. The average Bonchev–Trinajstić information content (AvgIpc) is 2.74. The zero-order chi connectivity index (χ0) is 14.0. The Morgan fingerprint density at radius 2 is 2.05 bits per heavy atom. The Bertz CT molecular complexity index is 692. The van der Waals surface area contributed by atoms with Gasteiger partial charge in [-0.3, -0.25) is 0 Å². The van der Waals surface area contributed by atoms with Crippen LogP contribution in [0.25, 0.3) is 5.69 Å². The Morgan fingerprint density at radius 3 is 2.63 bits per heavy atom. The first-order valence-corrected chi connectivity index (χ1v) is 7.15. The summed E-state index contributed by atoms with van der Waals surface area (Å²) >= 11 is 0. The lowest BCUT2D eigenvalue weighted by atomic mass is 10.2. The third kappa shape index (κ3) is 2.83. The maximum Gasteiger partial charge on any atom is 0.255 e. The smallest absolute Gasteiger partial charge is 0.255 e. The fraction of sp³-hybridized carbons (Fsp3) is 0.250. The first-order chi connectivity index (χ1) is 8.93. The van der Waals surface area contributed by atoms with E-state index >= 15 is 0 Å². The largest absolute Gasteiger partial charge is 0.378 e. The summed E-state index contributed by atoms with van der Waals surface area (Å²) < 4.78 is 29.6. The van der Waals surface area contributed by atoms with Crippen molar-refractivity contribution in [2.24, 2.45) is 5.14 Å². The van der Waals surface area contributed by atoms with Crippen LogP contribution >= 0.6 is 0 Å². The van der Waals surface area contributed by atoms with E-state index in [1.807, 2.05) is 25.1 Å². The van der Waals surface area contributed by atoms with Crippen molar-refractivity contribution in [3.05, 3.63) is 41.6 Å². The molecule has 0 aliphatic heterocycles. The van der Waals surface area contributed by atoms with Crippen molar-refractivity contribution in [1.29, 1.82) is 0 Å². The third-order valence-electron chi connectivity index (χ3n) is 2.65. The van der Waals surface area contributed by atoms with E-state index in [4.69, 9.17) is 9.88 Å². The second-order valence-electron chi connectivity index (χ2n) is 4.15. The Balaban J connectivity index is 2.65. The molecule has 0 spiro atoms. The summed E-state index contributed by atoms with van der Waals surface area (Å²) in [7, 11) is -2.33. The molecule has 2 N–H and O–H groups in total. The van der Waals surface area contributed by atoms with Gasteiger partial charge in [0.15, 0.2) is 5.03 Å². The molecule has 102 valence electrons. The SMILES string of the molecule is COCc1cc(S(N)(=O)=O)n(-c2ccccc2C)n1. The predicted molar refractivity (Wildman–Crippen MR) is 70.4 cm³/mol. The Morgan fingerprint density at radius 1 is 1.37 bits per heavy atom. The number of aromatic nitrogens is 2. The Hall–Kier alpha value is -1.70. The minimum Gasteiger partial charge on any atom is -0.378 e. The highest BCUT2D eigenvalue weighted by atomic mass is 32.2. The van der Waals surface area contributed by atoms with Crippen LogP contribution in [0.3, 0.4) is 0 Å². The monoisotopic (exact) mass is 281 g/mol. The van der Waals surface area contributed by atoms with Gasteiger partial charge in [-0.05, 0) is 18.6 Å². The Labute approximate surface area is 111 Å². The maximum absolute atomic E-state index is 11.6. The number of sulfonamides is 1. The molecule has 0 aliphatic carbocycles. The van der Waals surface area contributed by atoms with Gasteiger partial charge in [-0.15, -0.1) is 0 Å². The lowest BCUT2D eigenvalue weighted by Crippen LogP contribution is -2.17. The molecular weight excluding hydrogens is 266 g/mol. The van der Waals surface area contributed by atoms with Crippen molar-refractivity contribution in [2.75, 3.05) is 7.11 Å². The molecule has 0 bridgehead atoms. The summed E-state index contributed by atoms with van der Waals surface area (Å²) in [5.41, 5.74) is 2.09. The molecule has 2 aromatic rings. The molecule has 0 fully saturated rings. The molecule has 0 saturated heterocycles. The quantitative estimate of drug-likeness (QED) is 0.904. The molecule has 0 unspecified atom stereocenters. The van der Waals surface area contributed by atoms with E-state index in [0.29, 0.717) is 11.4 Å². The van der Waals surface area contributed by atoms with Gasteiger partial charge in [-0.2, -0.15) is 5.10 Å². The highest BCUT2D eigenvalue weighted by Gasteiger charge is 2.19. The van der Waals surface area contributed by atoms with E-state index in [-0.39, 0.29) is 11.6 Å². The van der Waals surface area contributed by atoms with Gasteiger partial charge < -0.3 is 4.74 Å². The highest BCUT2D eigenvalue weighted by molar-refractivity contribution is 7.89. The number of nitrogens with two attached hydrogens (primary N) is 1. The van der Waals surface area contributed by atoms with Gasteiger partial charge in [0.1, 0.15) is 0 Å². The Kier molecular flexibility index (Phi) is 3.70. The van der Waals surface area contributed by atoms with Crippen LogP contribution in [-0.4, -0.2) is 25.3 Å². The number of hydrogen-bond donors (Lipinski definition) is 1. The van der Waals surface area contributed by atoms with E-state index in [1.165, 1.54) is 17.9 Å². The van der Waals surface area contributed by atoms with E-state index < -0.39 is 10.0 Å². The van der Waals surface area contributed by atoms with E-state index in [9.17, 15) is 8.42 Å². The minimum absolute atomic E-state index is 0.0474. The van der Waals surface area contributed by atoms with Crippen molar-refractivity contribution in [1.82, 2.24) is 9.78 Å². The third-order valence-corrected chi connectivity index (χ3v) is 3.53. The van der Waals surface area contributed by atoms with Crippen molar-refractivity contribution >= 4 is 10.0 Å². The van der Waals surface area contributed by atoms with Crippen LogP contribution in [0, 0.1) is 6.92 Å². The predicted octanol–water partition coefficient (Wildman–Crippen LogP) is 0.975. The van der Waals surface area contributed by atoms with Gasteiger partial charge in [0.05, 0.1) is 18.0 Å².